The molecule has 1 aromatic carbocycles. The zero-order valence-corrected chi connectivity index (χ0v) is 12.2. The van der Waals surface area contributed by atoms with Crippen LogP contribution in [0.4, 0.5) is 5.69 Å². The number of unbranched alkanes of at least 4 members (excludes halogenated alkanes) is 2. The number of benzene rings is 1. The molecule has 110 valence electrons. The molecule has 0 saturated carbocycles. The SMILES string of the molecule is CCCCOB(OCCCC)c1cccc([N+](=O)[O-])c1. The van der Waals surface area contributed by atoms with E-state index >= 15 is 0 Å². The molecule has 0 spiro atoms. The Labute approximate surface area is 120 Å². The molecule has 5 nitrogen and oxygen atoms in total. The lowest BCUT2D eigenvalue weighted by Crippen LogP contribution is -2.37. The van der Waals surface area contributed by atoms with E-state index in [-0.39, 0.29) is 5.69 Å². The van der Waals surface area contributed by atoms with Crippen LogP contribution in [0.2, 0.25) is 0 Å². The Balaban J connectivity index is 2.73. The van der Waals surface area contributed by atoms with Crippen LogP contribution in [0.15, 0.2) is 24.3 Å². The highest BCUT2D eigenvalue weighted by Gasteiger charge is 2.23. The van der Waals surface area contributed by atoms with Gasteiger partial charge in [0.15, 0.2) is 0 Å². The van der Waals surface area contributed by atoms with E-state index in [2.05, 4.69) is 13.8 Å². The van der Waals surface area contributed by atoms with Gasteiger partial charge in [0.1, 0.15) is 0 Å². The third-order valence-corrected chi connectivity index (χ3v) is 2.89. The highest BCUT2D eigenvalue weighted by Crippen LogP contribution is 2.09. The Hall–Kier alpha value is -1.40. The molecular weight excluding hydrogens is 257 g/mol. The van der Waals surface area contributed by atoms with Gasteiger partial charge in [-0.15, -0.1) is 0 Å². The molecule has 0 amide bonds. The van der Waals surface area contributed by atoms with Crippen LogP contribution < -0.4 is 5.46 Å². The van der Waals surface area contributed by atoms with Crippen LogP contribution in [0.25, 0.3) is 0 Å². The lowest BCUT2D eigenvalue weighted by Gasteiger charge is -2.14. The third-order valence-electron chi connectivity index (χ3n) is 2.89. The van der Waals surface area contributed by atoms with Crippen LogP contribution in [-0.4, -0.2) is 25.3 Å². The van der Waals surface area contributed by atoms with E-state index in [1.807, 2.05) is 0 Å². The van der Waals surface area contributed by atoms with Crippen molar-refractivity contribution in [2.75, 3.05) is 13.2 Å². The maximum atomic E-state index is 10.8. The normalized spacial score (nSPS) is 10.5. The number of nitro benzene ring substituents is 1. The highest BCUT2D eigenvalue weighted by molar-refractivity contribution is 6.61. The van der Waals surface area contributed by atoms with E-state index in [4.69, 9.17) is 9.31 Å². The van der Waals surface area contributed by atoms with E-state index in [0.717, 1.165) is 25.7 Å². The number of hydrogen-bond acceptors (Lipinski definition) is 4. The van der Waals surface area contributed by atoms with Gasteiger partial charge in [-0.3, -0.25) is 10.1 Å². The fourth-order valence-electron chi connectivity index (χ4n) is 1.69. The van der Waals surface area contributed by atoms with E-state index in [1.165, 1.54) is 12.1 Å². The van der Waals surface area contributed by atoms with Crippen molar-refractivity contribution in [3.05, 3.63) is 34.4 Å². The van der Waals surface area contributed by atoms with Crippen molar-refractivity contribution in [1.82, 2.24) is 0 Å². The lowest BCUT2D eigenvalue weighted by atomic mass is 9.78. The molecule has 0 aliphatic rings. The third kappa shape index (κ3) is 5.71. The first kappa shape index (κ1) is 16.7. The first-order chi connectivity index (χ1) is 9.69. The zero-order valence-electron chi connectivity index (χ0n) is 12.2. The number of nitro groups is 1. The summed E-state index contributed by atoms with van der Waals surface area (Å²) in [4.78, 5) is 10.4. The van der Waals surface area contributed by atoms with Gasteiger partial charge in [-0.25, -0.2) is 0 Å². The van der Waals surface area contributed by atoms with Crippen LogP contribution in [0.5, 0.6) is 0 Å². The summed E-state index contributed by atoms with van der Waals surface area (Å²) >= 11 is 0. The van der Waals surface area contributed by atoms with E-state index in [1.54, 1.807) is 12.1 Å². The summed E-state index contributed by atoms with van der Waals surface area (Å²) < 4.78 is 11.4. The van der Waals surface area contributed by atoms with Gasteiger partial charge >= 0.3 is 7.12 Å². The van der Waals surface area contributed by atoms with Gasteiger partial charge in [-0.2, -0.15) is 0 Å². The Morgan fingerprint density at radius 3 is 2.25 bits per heavy atom. The van der Waals surface area contributed by atoms with Crippen molar-refractivity contribution in [1.29, 1.82) is 0 Å². The molecule has 0 atom stereocenters. The molecule has 0 N–H and O–H groups in total. The Morgan fingerprint density at radius 2 is 1.75 bits per heavy atom. The van der Waals surface area contributed by atoms with Gasteiger partial charge in [0.2, 0.25) is 0 Å². The number of nitrogens with zero attached hydrogens (tertiary/aromatic N) is 1. The van der Waals surface area contributed by atoms with Crippen molar-refractivity contribution >= 4 is 18.3 Å². The molecule has 0 aromatic heterocycles. The number of non-ortho nitro benzene ring substituents is 1. The summed E-state index contributed by atoms with van der Waals surface area (Å²) in [5.74, 6) is 0. The van der Waals surface area contributed by atoms with Gasteiger partial charge < -0.3 is 9.31 Å². The van der Waals surface area contributed by atoms with Crippen LogP contribution in [0.3, 0.4) is 0 Å². The summed E-state index contributed by atoms with van der Waals surface area (Å²) in [5.41, 5.74) is 0.761. The molecular formula is C14H22BNO4. The van der Waals surface area contributed by atoms with Crippen molar-refractivity contribution in [3.63, 3.8) is 0 Å². The molecule has 1 rings (SSSR count). The van der Waals surface area contributed by atoms with Crippen molar-refractivity contribution in [2.24, 2.45) is 0 Å². The molecule has 6 heteroatoms. The minimum Gasteiger partial charge on any atom is -0.407 e. The molecule has 0 bridgehead atoms. The molecule has 0 aliphatic heterocycles. The van der Waals surface area contributed by atoms with Crippen molar-refractivity contribution in [3.8, 4) is 0 Å². The van der Waals surface area contributed by atoms with Gasteiger partial charge in [-0.05, 0) is 18.3 Å². The van der Waals surface area contributed by atoms with Gasteiger partial charge in [0, 0.05) is 25.3 Å². The second-order valence-electron chi connectivity index (χ2n) is 4.63. The first-order valence-electron chi connectivity index (χ1n) is 7.16. The summed E-state index contributed by atoms with van der Waals surface area (Å²) in [6.45, 7) is 5.36. The predicted molar refractivity (Wildman–Crippen MR) is 80.2 cm³/mol. The van der Waals surface area contributed by atoms with Crippen LogP contribution in [-0.2, 0) is 9.31 Å². The minimum atomic E-state index is -0.520. The average molecular weight is 279 g/mol. The molecule has 0 saturated heterocycles. The molecule has 0 unspecified atom stereocenters. The fourth-order valence-corrected chi connectivity index (χ4v) is 1.69. The Kier molecular flexibility index (Phi) is 7.91. The molecule has 0 fully saturated rings. The molecule has 0 aliphatic carbocycles. The minimum absolute atomic E-state index is 0.0608. The van der Waals surface area contributed by atoms with Gasteiger partial charge in [0.25, 0.3) is 5.69 Å². The summed E-state index contributed by atoms with van der Waals surface area (Å²) in [5, 5.41) is 10.8. The molecule has 1 aromatic rings. The summed E-state index contributed by atoms with van der Waals surface area (Å²) in [6.07, 6.45) is 3.97. The maximum Gasteiger partial charge on any atom is 0.494 e. The standard InChI is InChI=1S/C14H22BNO4/c1-3-5-10-19-15(20-11-6-4-2)13-8-7-9-14(12-13)16(17)18/h7-9,12H,3-6,10-11H2,1-2H3. The van der Waals surface area contributed by atoms with Gasteiger partial charge in [0.05, 0.1) is 4.92 Å². The van der Waals surface area contributed by atoms with Crippen molar-refractivity contribution in [2.45, 2.75) is 39.5 Å². The number of rotatable bonds is 10. The largest absolute Gasteiger partial charge is 0.494 e. The van der Waals surface area contributed by atoms with Crippen LogP contribution >= 0.6 is 0 Å². The quantitative estimate of drug-likeness (QED) is 0.286. The zero-order chi connectivity index (χ0) is 14.8. The summed E-state index contributed by atoms with van der Waals surface area (Å²) in [6, 6.07) is 6.45. The second kappa shape index (κ2) is 9.50. The smallest absolute Gasteiger partial charge is 0.407 e. The predicted octanol–water partition coefficient (Wildman–Crippen LogP) is 2.92. The lowest BCUT2D eigenvalue weighted by molar-refractivity contribution is -0.384. The van der Waals surface area contributed by atoms with Crippen LogP contribution in [0, 0.1) is 10.1 Å². The van der Waals surface area contributed by atoms with E-state index in [0.29, 0.717) is 18.7 Å². The topological polar surface area (TPSA) is 61.6 Å². The molecule has 20 heavy (non-hydrogen) atoms. The fraction of sp³-hybridized carbons (Fsp3) is 0.571. The Morgan fingerprint density at radius 1 is 1.15 bits per heavy atom. The first-order valence-corrected chi connectivity index (χ1v) is 7.16. The molecule has 0 radical (unpaired) electrons. The summed E-state index contributed by atoms with van der Waals surface area (Å²) in [7, 11) is -0.520. The highest BCUT2D eigenvalue weighted by atomic mass is 16.6. The Bertz CT molecular complexity index is 404. The van der Waals surface area contributed by atoms with Crippen molar-refractivity contribution < 1.29 is 14.2 Å². The maximum absolute atomic E-state index is 10.8. The van der Waals surface area contributed by atoms with Crippen LogP contribution in [0.1, 0.15) is 39.5 Å². The van der Waals surface area contributed by atoms with Gasteiger partial charge in [-0.1, -0.05) is 38.8 Å². The monoisotopic (exact) mass is 279 g/mol. The van der Waals surface area contributed by atoms with E-state index in [9.17, 15) is 10.1 Å². The number of hydrogen-bond donors (Lipinski definition) is 0. The molecule has 0 heterocycles. The second-order valence-corrected chi connectivity index (χ2v) is 4.63. The van der Waals surface area contributed by atoms with E-state index < -0.39 is 12.0 Å². The average Bonchev–Trinajstić information content (AvgIpc) is 2.46.